The molecule has 4 aromatic carbocycles. The smallest absolute Gasteiger partial charge is 0.258 e. The first-order valence-electron chi connectivity index (χ1n) is 9.55. The number of rotatable bonds is 6. The standard InChI is InChI=1S/C25H20ClNO3/c26-19-11-13-20(14-12-19)30-16-23(29)27-25(18-7-2-1-3-8-18)24-21-9-5-4-6-17(21)10-15-22(24)28/h1-15,25,28H,16H2,(H,27,29)/t25-/m1/s1. The lowest BCUT2D eigenvalue weighted by Gasteiger charge is -2.22. The van der Waals surface area contributed by atoms with E-state index in [2.05, 4.69) is 5.32 Å². The van der Waals surface area contributed by atoms with Crippen LogP contribution in [0.3, 0.4) is 0 Å². The average Bonchev–Trinajstić information content (AvgIpc) is 2.78. The monoisotopic (exact) mass is 417 g/mol. The fourth-order valence-corrected chi connectivity index (χ4v) is 3.56. The van der Waals surface area contributed by atoms with Gasteiger partial charge in [-0.05, 0) is 46.7 Å². The third kappa shape index (κ3) is 4.39. The summed E-state index contributed by atoms with van der Waals surface area (Å²) in [5.74, 6) is 0.381. The van der Waals surface area contributed by atoms with Gasteiger partial charge in [-0.3, -0.25) is 4.79 Å². The molecule has 30 heavy (non-hydrogen) atoms. The number of phenolic OH excluding ortho intramolecular Hbond substituents is 1. The summed E-state index contributed by atoms with van der Waals surface area (Å²) in [7, 11) is 0. The minimum atomic E-state index is -0.529. The molecular weight excluding hydrogens is 398 g/mol. The molecule has 2 N–H and O–H groups in total. The molecule has 0 aliphatic carbocycles. The molecule has 1 amide bonds. The molecule has 0 aliphatic rings. The number of benzene rings is 4. The van der Waals surface area contributed by atoms with Crippen molar-refractivity contribution in [2.24, 2.45) is 0 Å². The minimum Gasteiger partial charge on any atom is -0.508 e. The lowest BCUT2D eigenvalue weighted by atomic mass is 9.92. The van der Waals surface area contributed by atoms with Gasteiger partial charge in [0.05, 0.1) is 6.04 Å². The average molecular weight is 418 g/mol. The van der Waals surface area contributed by atoms with Gasteiger partial charge in [-0.25, -0.2) is 0 Å². The second-order valence-electron chi connectivity index (χ2n) is 6.87. The first-order valence-corrected chi connectivity index (χ1v) is 9.93. The van der Waals surface area contributed by atoms with E-state index in [1.165, 1.54) is 0 Å². The molecule has 0 heterocycles. The highest BCUT2D eigenvalue weighted by Gasteiger charge is 2.22. The van der Waals surface area contributed by atoms with E-state index >= 15 is 0 Å². The van der Waals surface area contributed by atoms with E-state index in [-0.39, 0.29) is 18.3 Å². The Morgan fingerprint density at radius 1 is 0.900 bits per heavy atom. The van der Waals surface area contributed by atoms with Crippen LogP contribution in [0, 0.1) is 0 Å². The van der Waals surface area contributed by atoms with E-state index in [1.807, 2.05) is 60.7 Å². The Morgan fingerprint density at radius 2 is 1.60 bits per heavy atom. The van der Waals surface area contributed by atoms with Gasteiger partial charge in [0.1, 0.15) is 11.5 Å². The van der Waals surface area contributed by atoms with Gasteiger partial charge in [-0.2, -0.15) is 0 Å². The number of carbonyl (C=O) groups excluding carboxylic acids is 1. The zero-order valence-corrected chi connectivity index (χ0v) is 16.8. The number of halogens is 1. The maximum Gasteiger partial charge on any atom is 0.258 e. The molecule has 0 spiro atoms. The summed E-state index contributed by atoms with van der Waals surface area (Å²) < 4.78 is 5.58. The fraction of sp³-hybridized carbons (Fsp3) is 0.0800. The van der Waals surface area contributed by atoms with Crippen molar-refractivity contribution < 1.29 is 14.6 Å². The van der Waals surface area contributed by atoms with Crippen molar-refractivity contribution in [1.82, 2.24) is 5.32 Å². The van der Waals surface area contributed by atoms with Crippen LogP contribution in [0.5, 0.6) is 11.5 Å². The third-order valence-corrected chi connectivity index (χ3v) is 5.11. The Kier molecular flexibility index (Phi) is 5.87. The van der Waals surface area contributed by atoms with Crippen molar-refractivity contribution in [2.75, 3.05) is 6.61 Å². The highest BCUT2D eigenvalue weighted by atomic mass is 35.5. The second-order valence-corrected chi connectivity index (χ2v) is 7.31. The van der Waals surface area contributed by atoms with E-state index in [9.17, 15) is 9.90 Å². The van der Waals surface area contributed by atoms with Gasteiger partial charge in [0.2, 0.25) is 0 Å². The predicted molar refractivity (Wildman–Crippen MR) is 119 cm³/mol. The molecule has 1 atom stereocenters. The van der Waals surface area contributed by atoms with Gasteiger partial charge in [0.15, 0.2) is 6.61 Å². The Balaban J connectivity index is 1.64. The van der Waals surface area contributed by atoms with Gasteiger partial charge in [-0.15, -0.1) is 0 Å². The van der Waals surface area contributed by atoms with Crippen LogP contribution in [-0.4, -0.2) is 17.6 Å². The summed E-state index contributed by atoms with van der Waals surface area (Å²) >= 11 is 5.88. The van der Waals surface area contributed by atoms with Crippen LogP contribution in [0.4, 0.5) is 0 Å². The summed E-state index contributed by atoms with van der Waals surface area (Å²) in [6.07, 6.45) is 0. The van der Waals surface area contributed by atoms with Crippen molar-refractivity contribution in [3.63, 3.8) is 0 Å². The molecule has 0 unspecified atom stereocenters. The molecule has 0 aliphatic heterocycles. The maximum atomic E-state index is 12.7. The normalized spacial score (nSPS) is 11.8. The number of hydrogen-bond donors (Lipinski definition) is 2. The quantitative estimate of drug-likeness (QED) is 0.436. The fourth-order valence-electron chi connectivity index (χ4n) is 3.44. The van der Waals surface area contributed by atoms with E-state index in [0.717, 1.165) is 16.3 Å². The van der Waals surface area contributed by atoms with Gasteiger partial charge >= 0.3 is 0 Å². The van der Waals surface area contributed by atoms with Crippen molar-refractivity contribution in [1.29, 1.82) is 0 Å². The number of aromatic hydroxyl groups is 1. The molecule has 150 valence electrons. The molecule has 5 heteroatoms. The summed E-state index contributed by atoms with van der Waals surface area (Å²) in [6, 6.07) is 27.2. The number of phenols is 1. The van der Waals surface area contributed by atoms with E-state index in [0.29, 0.717) is 16.3 Å². The molecule has 0 saturated heterocycles. The predicted octanol–water partition coefficient (Wildman–Crippen LogP) is 5.48. The van der Waals surface area contributed by atoms with Crippen molar-refractivity contribution in [3.8, 4) is 11.5 Å². The Bertz CT molecular complexity index is 1160. The Labute approximate surface area is 179 Å². The first-order chi connectivity index (χ1) is 14.6. The summed E-state index contributed by atoms with van der Waals surface area (Å²) in [5.41, 5.74) is 1.52. The van der Waals surface area contributed by atoms with Crippen LogP contribution < -0.4 is 10.1 Å². The van der Waals surface area contributed by atoms with Crippen LogP contribution in [0.1, 0.15) is 17.2 Å². The topological polar surface area (TPSA) is 58.6 Å². The van der Waals surface area contributed by atoms with Crippen LogP contribution >= 0.6 is 11.6 Å². The Morgan fingerprint density at radius 3 is 2.37 bits per heavy atom. The first kappa shape index (κ1) is 19.8. The molecule has 0 radical (unpaired) electrons. The number of nitrogens with one attached hydrogen (secondary N) is 1. The maximum absolute atomic E-state index is 12.7. The zero-order chi connectivity index (χ0) is 20.9. The van der Waals surface area contributed by atoms with Crippen molar-refractivity contribution >= 4 is 28.3 Å². The van der Waals surface area contributed by atoms with Gasteiger partial charge in [0, 0.05) is 10.6 Å². The number of hydrogen-bond acceptors (Lipinski definition) is 3. The largest absolute Gasteiger partial charge is 0.508 e. The number of amides is 1. The molecule has 0 bridgehead atoms. The molecule has 0 aromatic heterocycles. The lowest BCUT2D eigenvalue weighted by Crippen LogP contribution is -2.33. The molecular formula is C25H20ClNO3. The number of ether oxygens (including phenoxy) is 1. The molecule has 0 fully saturated rings. The van der Waals surface area contributed by atoms with Gasteiger partial charge in [0.25, 0.3) is 5.91 Å². The van der Waals surface area contributed by atoms with E-state index in [4.69, 9.17) is 16.3 Å². The van der Waals surface area contributed by atoms with E-state index in [1.54, 1.807) is 30.3 Å². The van der Waals surface area contributed by atoms with Gasteiger partial charge in [-0.1, -0.05) is 72.3 Å². The van der Waals surface area contributed by atoms with Crippen molar-refractivity contribution in [3.05, 3.63) is 107 Å². The number of fused-ring (bicyclic) bond motifs is 1. The zero-order valence-electron chi connectivity index (χ0n) is 16.1. The van der Waals surface area contributed by atoms with Crippen LogP contribution in [0.15, 0.2) is 91.0 Å². The van der Waals surface area contributed by atoms with E-state index < -0.39 is 6.04 Å². The van der Waals surface area contributed by atoms with Crippen LogP contribution in [0.2, 0.25) is 5.02 Å². The van der Waals surface area contributed by atoms with Crippen LogP contribution in [0.25, 0.3) is 10.8 Å². The number of carbonyl (C=O) groups is 1. The SMILES string of the molecule is O=C(COc1ccc(Cl)cc1)N[C@H](c1ccccc1)c1c(O)ccc2ccccc12. The summed E-state index contributed by atoms with van der Waals surface area (Å²) in [4.78, 5) is 12.7. The molecule has 0 saturated carbocycles. The molecule has 4 aromatic rings. The third-order valence-electron chi connectivity index (χ3n) is 4.86. The Hall–Kier alpha value is -3.50. The summed E-state index contributed by atoms with van der Waals surface area (Å²) in [5, 5.41) is 16.2. The molecule has 4 nitrogen and oxygen atoms in total. The van der Waals surface area contributed by atoms with Crippen LogP contribution in [-0.2, 0) is 4.79 Å². The van der Waals surface area contributed by atoms with Crippen molar-refractivity contribution in [2.45, 2.75) is 6.04 Å². The molecule has 4 rings (SSSR count). The summed E-state index contributed by atoms with van der Waals surface area (Å²) in [6.45, 7) is -0.156. The lowest BCUT2D eigenvalue weighted by molar-refractivity contribution is -0.123. The van der Waals surface area contributed by atoms with Gasteiger partial charge < -0.3 is 15.2 Å². The highest BCUT2D eigenvalue weighted by molar-refractivity contribution is 6.30. The minimum absolute atomic E-state index is 0.126. The highest BCUT2D eigenvalue weighted by Crippen LogP contribution is 2.35. The second kappa shape index (κ2) is 8.89.